The molecule has 98 valence electrons. The average Bonchev–Trinajstić information content (AvgIpc) is 3.10. The smallest absolute Gasteiger partial charge is 0.0195 e. The summed E-state index contributed by atoms with van der Waals surface area (Å²) in [5.41, 5.74) is 0. The number of nitrogens with zero attached hydrogens (tertiary/aromatic N) is 1. The molecule has 2 saturated carbocycles. The summed E-state index contributed by atoms with van der Waals surface area (Å²) >= 11 is 0. The third-order valence-electron chi connectivity index (χ3n) is 5.38. The van der Waals surface area contributed by atoms with E-state index in [1.165, 1.54) is 51.6 Å². The van der Waals surface area contributed by atoms with Gasteiger partial charge in [-0.3, -0.25) is 4.90 Å². The molecule has 3 aliphatic rings. The molecule has 1 N–H and O–H groups in total. The summed E-state index contributed by atoms with van der Waals surface area (Å²) in [6.45, 7) is 5.13. The number of hydrogen-bond acceptors (Lipinski definition) is 2. The van der Waals surface area contributed by atoms with Gasteiger partial charge in [-0.05, 0) is 50.5 Å². The Labute approximate surface area is 106 Å². The fraction of sp³-hybridized carbons (Fsp3) is 1.00. The van der Waals surface area contributed by atoms with Crippen LogP contribution in [0.3, 0.4) is 0 Å². The van der Waals surface area contributed by atoms with Crippen LogP contribution in [0.2, 0.25) is 0 Å². The van der Waals surface area contributed by atoms with Crippen LogP contribution in [0.1, 0.15) is 45.4 Å². The summed E-state index contributed by atoms with van der Waals surface area (Å²) in [6.07, 6.45) is 8.87. The Morgan fingerprint density at radius 2 is 1.88 bits per heavy atom. The van der Waals surface area contributed by atoms with Crippen molar-refractivity contribution < 1.29 is 0 Å². The van der Waals surface area contributed by atoms with Crippen molar-refractivity contribution in [3.8, 4) is 0 Å². The van der Waals surface area contributed by atoms with Crippen LogP contribution >= 0.6 is 0 Å². The van der Waals surface area contributed by atoms with Gasteiger partial charge in [0.25, 0.3) is 0 Å². The molecular weight excluding hydrogens is 208 g/mol. The van der Waals surface area contributed by atoms with Crippen molar-refractivity contribution in [3.05, 3.63) is 0 Å². The van der Waals surface area contributed by atoms with Gasteiger partial charge in [-0.1, -0.05) is 19.8 Å². The van der Waals surface area contributed by atoms with Crippen molar-refractivity contribution >= 4 is 0 Å². The van der Waals surface area contributed by atoms with E-state index >= 15 is 0 Å². The standard InChI is InChI=1S/C15H28N2/c1-11-3-6-15(11)17-9-13(7-12-4-5-12)8-14(10-17)16-2/h11-16H,3-10H2,1-2H3. The Bertz CT molecular complexity index is 262. The van der Waals surface area contributed by atoms with Crippen LogP contribution in [0.25, 0.3) is 0 Å². The van der Waals surface area contributed by atoms with Crippen LogP contribution in [0.4, 0.5) is 0 Å². The van der Waals surface area contributed by atoms with E-state index in [2.05, 4.69) is 24.2 Å². The summed E-state index contributed by atoms with van der Waals surface area (Å²) in [6, 6.07) is 1.66. The first-order valence-corrected chi connectivity index (χ1v) is 7.67. The summed E-state index contributed by atoms with van der Waals surface area (Å²) in [4.78, 5) is 2.81. The molecule has 17 heavy (non-hydrogen) atoms. The fourth-order valence-electron chi connectivity index (χ4n) is 3.91. The van der Waals surface area contributed by atoms with Gasteiger partial charge in [-0.25, -0.2) is 0 Å². The van der Waals surface area contributed by atoms with E-state index in [0.29, 0.717) is 0 Å². The van der Waals surface area contributed by atoms with Crippen molar-refractivity contribution in [2.45, 2.75) is 57.5 Å². The fourth-order valence-corrected chi connectivity index (χ4v) is 3.91. The van der Waals surface area contributed by atoms with E-state index in [-0.39, 0.29) is 0 Å². The molecule has 2 heteroatoms. The predicted molar refractivity (Wildman–Crippen MR) is 72.1 cm³/mol. The maximum Gasteiger partial charge on any atom is 0.0195 e. The molecule has 1 saturated heterocycles. The minimum absolute atomic E-state index is 0.750. The van der Waals surface area contributed by atoms with Gasteiger partial charge in [0.1, 0.15) is 0 Å². The Hall–Kier alpha value is -0.0800. The molecular formula is C15H28N2. The molecule has 4 atom stereocenters. The van der Waals surface area contributed by atoms with E-state index in [9.17, 15) is 0 Å². The zero-order valence-corrected chi connectivity index (χ0v) is 11.5. The molecule has 2 nitrogen and oxygen atoms in total. The van der Waals surface area contributed by atoms with Crippen LogP contribution in [0.5, 0.6) is 0 Å². The minimum atomic E-state index is 0.750. The first-order valence-electron chi connectivity index (χ1n) is 7.67. The van der Waals surface area contributed by atoms with Crippen molar-refractivity contribution in [2.24, 2.45) is 17.8 Å². The maximum absolute atomic E-state index is 3.53. The first-order chi connectivity index (χ1) is 8.26. The van der Waals surface area contributed by atoms with E-state index in [1.54, 1.807) is 0 Å². The molecule has 3 rings (SSSR count). The van der Waals surface area contributed by atoms with E-state index in [1.807, 2.05) is 0 Å². The molecule has 0 radical (unpaired) electrons. The van der Waals surface area contributed by atoms with Gasteiger partial charge in [-0.15, -0.1) is 0 Å². The molecule has 0 aromatic heterocycles. The molecule has 1 heterocycles. The summed E-state index contributed by atoms with van der Waals surface area (Å²) in [7, 11) is 2.15. The Morgan fingerprint density at radius 3 is 2.41 bits per heavy atom. The van der Waals surface area contributed by atoms with Crippen LogP contribution in [0.15, 0.2) is 0 Å². The van der Waals surface area contributed by atoms with Crippen LogP contribution in [-0.4, -0.2) is 37.1 Å². The Kier molecular flexibility index (Phi) is 3.45. The summed E-state index contributed by atoms with van der Waals surface area (Å²) < 4.78 is 0. The molecule has 0 spiro atoms. The van der Waals surface area contributed by atoms with E-state index in [4.69, 9.17) is 0 Å². The lowest BCUT2D eigenvalue weighted by molar-refractivity contribution is 0.0213. The number of likely N-dealkylation sites (tertiary alicyclic amines) is 1. The summed E-state index contributed by atoms with van der Waals surface area (Å²) in [5.74, 6) is 3.02. The third-order valence-corrected chi connectivity index (χ3v) is 5.38. The zero-order chi connectivity index (χ0) is 11.8. The number of nitrogens with one attached hydrogen (secondary N) is 1. The molecule has 2 aliphatic carbocycles. The van der Waals surface area contributed by atoms with Gasteiger partial charge >= 0.3 is 0 Å². The Morgan fingerprint density at radius 1 is 1.06 bits per heavy atom. The van der Waals surface area contributed by atoms with Gasteiger partial charge in [-0.2, -0.15) is 0 Å². The van der Waals surface area contributed by atoms with Crippen molar-refractivity contribution in [3.63, 3.8) is 0 Å². The van der Waals surface area contributed by atoms with Crippen LogP contribution < -0.4 is 5.32 Å². The molecule has 0 aromatic carbocycles. The number of hydrogen-bond donors (Lipinski definition) is 1. The lowest BCUT2D eigenvalue weighted by Gasteiger charge is -2.48. The number of likely N-dealkylation sites (N-methyl/N-ethyl adjacent to an activating group) is 1. The zero-order valence-electron chi connectivity index (χ0n) is 11.5. The second-order valence-electron chi connectivity index (χ2n) is 6.84. The highest BCUT2D eigenvalue weighted by atomic mass is 15.2. The van der Waals surface area contributed by atoms with Crippen LogP contribution in [0, 0.1) is 17.8 Å². The number of piperidine rings is 1. The largest absolute Gasteiger partial charge is 0.316 e. The maximum atomic E-state index is 3.53. The van der Waals surface area contributed by atoms with Gasteiger partial charge in [0.05, 0.1) is 0 Å². The van der Waals surface area contributed by atoms with Crippen molar-refractivity contribution in [2.75, 3.05) is 20.1 Å². The first kappa shape index (κ1) is 12.0. The van der Waals surface area contributed by atoms with E-state index < -0.39 is 0 Å². The van der Waals surface area contributed by atoms with Gasteiger partial charge in [0, 0.05) is 25.2 Å². The second-order valence-corrected chi connectivity index (χ2v) is 6.84. The molecule has 4 unspecified atom stereocenters. The molecule has 1 aliphatic heterocycles. The Balaban J connectivity index is 1.58. The lowest BCUT2D eigenvalue weighted by atomic mass is 9.77. The SMILES string of the molecule is CNC1CC(CC2CC2)CN(C2CCC2C)C1. The monoisotopic (exact) mass is 236 g/mol. The normalized spacial score (nSPS) is 43.4. The number of rotatable bonds is 4. The molecule has 3 fully saturated rings. The van der Waals surface area contributed by atoms with Gasteiger partial charge < -0.3 is 5.32 Å². The van der Waals surface area contributed by atoms with Crippen LogP contribution in [-0.2, 0) is 0 Å². The highest BCUT2D eigenvalue weighted by molar-refractivity contribution is 4.93. The molecule has 0 amide bonds. The van der Waals surface area contributed by atoms with Gasteiger partial charge in [0.2, 0.25) is 0 Å². The highest BCUT2D eigenvalue weighted by Crippen LogP contribution is 2.40. The average molecular weight is 236 g/mol. The molecule has 0 aromatic rings. The topological polar surface area (TPSA) is 15.3 Å². The quantitative estimate of drug-likeness (QED) is 0.807. The minimum Gasteiger partial charge on any atom is -0.316 e. The molecule has 0 bridgehead atoms. The van der Waals surface area contributed by atoms with E-state index in [0.717, 1.165) is 29.8 Å². The van der Waals surface area contributed by atoms with Gasteiger partial charge in [0.15, 0.2) is 0 Å². The van der Waals surface area contributed by atoms with Crippen molar-refractivity contribution in [1.82, 2.24) is 10.2 Å². The lowest BCUT2D eigenvalue weighted by Crippen LogP contribution is -2.56. The highest BCUT2D eigenvalue weighted by Gasteiger charge is 2.38. The van der Waals surface area contributed by atoms with Crippen molar-refractivity contribution in [1.29, 1.82) is 0 Å². The predicted octanol–water partition coefficient (Wildman–Crippen LogP) is 2.49. The second kappa shape index (κ2) is 4.89. The summed E-state index contributed by atoms with van der Waals surface area (Å²) in [5, 5.41) is 3.53. The third kappa shape index (κ3) is 2.68.